The summed E-state index contributed by atoms with van der Waals surface area (Å²) in [7, 11) is 4.01. The summed E-state index contributed by atoms with van der Waals surface area (Å²) in [6.07, 6.45) is 3.21. The summed E-state index contributed by atoms with van der Waals surface area (Å²) in [5.74, 6) is 0. The van der Waals surface area contributed by atoms with Gasteiger partial charge in [-0.3, -0.25) is 0 Å². The van der Waals surface area contributed by atoms with Gasteiger partial charge in [-0.2, -0.15) is 0 Å². The number of carbonyl (C=O) groups is 1. The van der Waals surface area contributed by atoms with Crippen LogP contribution in [0.3, 0.4) is 0 Å². The van der Waals surface area contributed by atoms with Crippen LogP contribution in [-0.2, 0) is 4.74 Å². The van der Waals surface area contributed by atoms with Crippen LogP contribution in [0.25, 0.3) is 0 Å². The number of nitrogens with one attached hydrogen (secondary N) is 1. The number of piperidine rings is 1. The number of rotatable bonds is 2. The monoisotopic (exact) mass is 241 g/mol. The Kier molecular flexibility index (Phi) is 4.23. The van der Waals surface area contributed by atoms with E-state index in [1.165, 1.54) is 6.42 Å². The smallest absolute Gasteiger partial charge is 0.317 e. The lowest BCUT2D eigenvalue weighted by atomic mass is 10.1. The van der Waals surface area contributed by atoms with E-state index in [9.17, 15) is 4.79 Å². The van der Waals surface area contributed by atoms with E-state index in [1.807, 2.05) is 11.9 Å². The molecule has 5 nitrogen and oxygen atoms in total. The molecule has 0 aliphatic carbocycles. The van der Waals surface area contributed by atoms with Crippen molar-refractivity contribution < 1.29 is 9.53 Å². The summed E-state index contributed by atoms with van der Waals surface area (Å²) in [5, 5.41) is 3.03. The van der Waals surface area contributed by atoms with Crippen LogP contribution in [-0.4, -0.2) is 68.3 Å². The molecule has 2 aliphatic heterocycles. The number of likely N-dealkylation sites (tertiary alicyclic amines) is 1. The normalized spacial score (nSPS) is 30.2. The van der Waals surface area contributed by atoms with Gasteiger partial charge in [-0.1, -0.05) is 0 Å². The van der Waals surface area contributed by atoms with Gasteiger partial charge in [0, 0.05) is 26.2 Å². The SMILES string of the molecule is CN1CCCC(N(C)C(=O)NC2CCOC2)C1. The Morgan fingerprint density at radius 1 is 1.47 bits per heavy atom. The maximum absolute atomic E-state index is 12.0. The van der Waals surface area contributed by atoms with Gasteiger partial charge in [0.05, 0.1) is 12.6 Å². The van der Waals surface area contributed by atoms with Crippen LogP contribution < -0.4 is 5.32 Å². The van der Waals surface area contributed by atoms with E-state index >= 15 is 0 Å². The Balaban J connectivity index is 1.80. The number of nitrogens with zero attached hydrogens (tertiary/aromatic N) is 2. The molecule has 17 heavy (non-hydrogen) atoms. The van der Waals surface area contributed by atoms with Crippen molar-refractivity contribution in [1.82, 2.24) is 15.1 Å². The second kappa shape index (κ2) is 5.69. The quantitative estimate of drug-likeness (QED) is 0.766. The van der Waals surface area contributed by atoms with Gasteiger partial charge in [-0.05, 0) is 32.9 Å². The second-order valence-electron chi connectivity index (χ2n) is 5.18. The van der Waals surface area contributed by atoms with Crippen molar-refractivity contribution in [3.8, 4) is 0 Å². The topological polar surface area (TPSA) is 44.8 Å². The molecule has 2 rings (SSSR count). The third-order valence-corrected chi connectivity index (χ3v) is 3.72. The van der Waals surface area contributed by atoms with Crippen molar-refractivity contribution in [2.75, 3.05) is 40.4 Å². The van der Waals surface area contributed by atoms with Crippen molar-refractivity contribution in [3.63, 3.8) is 0 Å². The molecule has 2 aliphatic rings. The number of ether oxygens (including phenoxy) is 1. The molecule has 0 aromatic heterocycles. The van der Waals surface area contributed by atoms with E-state index in [-0.39, 0.29) is 12.1 Å². The van der Waals surface area contributed by atoms with E-state index in [0.717, 1.165) is 32.5 Å². The number of amides is 2. The molecule has 0 bridgehead atoms. The van der Waals surface area contributed by atoms with E-state index in [2.05, 4.69) is 17.3 Å². The van der Waals surface area contributed by atoms with Gasteiger partial charge in [-0.25, -0.2) is 4.79 Å². The number of carbonyl (C=O) groups excluding carboxylic acids is 1. The molecule has 0 aromatic carbocycles. The van der Waals surface area contributed by atoms with Gasteiger partial charge in [0.2, 0.25) is 0 Å². The summed E-state index contributed by atoms with van der Waals surface area (Å²) in [6.45, 7) is 3.54. The number of hydrogen-bond donors (Lipinski definition) is 1. The molecular formula is C12H23N3O2. The molecule has 1 N–H and O–H groups in total. The fourth-order valence-corrected chi connectivity index (χ4v) is 2.55. The second-order valence-corrected chi connectivity index (χ2v) is 5.18. The highest BCUT2D eigenvalue weighted by molar-refractivity contribution is 5.74. The molecule has 0 saturated carbocycles. The number of hydrogen-bond acceptors (Lipinski definition) is 3. The lowest BCUT2D eigenvalue weighted by Crippen LogP contribution is -2.52. The summed E-state index contributed by atoms with van der Waals surface area (Å²) in [4.78, 5) is 16.2. The van der Waals surface area contributed by atoms with Crippen LogP contribution in [0.4, 0.5) is 4.79 Å². The largest absolute Gasteiger partial charge is 0.379 e. The molecule has 2 amide bonds. The summed E-state index contributed by atoms with van der Waals surface area (Å²) >= 11 is 0. The molecule has 0 spiro atoms. The predicted octanol–water partition coefficient (Wildman–Crippen LogP) is 0.511. The molecule has 2 saturated heterocycles. The van der Waals surface area contributed by atoms with Gasteiger partial charge in [0.15, 0.2) is 0 Å². The first-order valence-corrected chi connectivity index (χ1v) is 6.46. The molecule has 98 valence electrons. The van der Waals surface area contributed by atoms with Gasteiger partial charge >= 0.3 is 6.03 Å². The number of urea groups is 1. The predicted molar refractivity (Wildman–Crippen MR) is 66.0 cm³/mol. The van der Waals surface area contributed by atoms with Crippen LogP contribution >= 0.6 is 0 Å². The van der Waals surface area contributed by atoms with Crippen molar-refractivity contribution >= 4 is 6.03 Å². The Morgan fingerprint density at radius 3 is 2.94 bits per heavy atom. The van der Waals surface area contributed by atoms with Gasteiger partial charge in [0.1, 0.15) is 0 Å². The van der Waals surface area contributed by atoms with Crippen LogP contribution in [0, 0.1) is 0 Å². The Bertz CT molecular complexity index is 266. The van der Waals surface area contributed by atoms with Crippen molar-refractivity contribution in [1.29, 1.82) is 0 Å². The van der Waals surface area contributed by atoms with Crippen LogP contribution in [0.1, 0.15) is 19.3 Å². The molecular weight excluding hydrogens is 218 g/mol. The van der Waals surface area contributed by atoms with Crippen LogP contribution in [0.5, 0.6) is 0 Å². The standard InChI is InChI=1S/C12H23N3O2/c1-14-6-3-4-11(8-14)15(2)12(16)13-10-5-7-17-9-10/h10-11H,3-9H2,1-2H3,(H,13,16). The molecule has 2 atom stereocenters. The van der Waals surface area contributed by atoms with Crippen LogP contribution in [0.15, 0.2) is 0 Å². The lowest BCUT2D eigenvalue weighted by molar-refractivity contribution is 0.136. The maximum Gasteiger partial charge on any atom is 0.317 e. The minimum atomic E-state index is 0.0424. The first-order valence-electron chi connectivity index (χ1n) is 6.46. The van der Waals surface area contributed by atoms with Crippen molar-refractivity contribution in [2.45, 2.75) is 31.3 Å². The van der Waals surface area contributed by atoms with Gasteiger partial charge in [-0.15, -0.1) is 0 Å². The van der Waals surface area contributed by atoms with E-state index in [0.29, 0.717) is 12.6 Å². The molecule has 0 aromatic rings. The highest BCUT2D eigenvalue weighted by Gasteiger charge is 2.26. The Hall–Kier alpha value is -0.810. The van der Waals surface area contributed by atoms with E-state index in [1.54, 1.807) is 0 Å². The lowest BCUT2D eigenvalue weighted by Gasteiger charge is -2.36. The zero-order chi connectivity index (χ0) is 12.3. The molecule has 0 radical (unpaired) electrons. The minimum Gasteiger partial charge on any atom is -0.379 e. The van der Waals surface area contributed by atoms with Crippen molar-refractivity contribution in [2.24, 2.45) is 0 Å². The van der Waals surface area contributed by atoms with E-state index in [4.69, 9.17) is 4.74 Å². The van der Waals surface area contributed by atoms with Crippen LogP contribution in [0.2, 0.25) is 0 Å². The fraction of sp³-hybridized carbons (Fsp3) is 0.917. The average molecular weight is 241 g/mol. The zero-order valence-electron chi connectivity index (χ0n) is 10.8. The summed E-state index contributed by atoms with van der Waals surface area (Å²) < 4.78 is 5.26. The third kappa shape index (κ3) is 3.33. The number of likely N-dealkylation sites (N-methyl/N-ethyl adjacent to an activating group) is 2. The third-order valence-electron chi connectivity index (χ3n) is 3.72. The van der Waals surface area contributed by atoms with Crippen molar-refractivity contribution in [3.05, 3.63) is 0 Å². The van der Waals surface area contributed by atoms with Gasteiger partial charge in [0.25, 0.3) is 0 Å². The minimum absolute atomic E-state index is 0.0424. The van der Waals surface area contributed by atoms with E-state index < -0.39 is 0 Å². The summed E-state index contributed by atoms with van der Waals surface area (Å²) in [6, 6.07) is 0.586. The Labute approximate surface area is 103 Å². The van der Waals surface area contributed by atoms with Gasteiger partial charge < -0.3 is 19.9 Å². The Morgan fingerprint density at radius 2 is 2.29 bits per heavy atom. The molecule has 2 fully saturated rings. The summed E-state index contributed by atoms with van der Waals surface area (Å²) in [5.41, 5.74) is 0. The molecule has 5 heteroatoms. The fourth-order valence-electron chi connectivity index (χ4n) is 2.55. The first-order chi connectivity index (χ1) is 8.16. The highest BCUT2D eigenvalue weighted by atomic mass is 16.5. The highest BCUT2D eigenvalue weighted by Crippen LogP contribution is 2.14. The maximum atomic E-state index is 12.0. The first kappa shape index (κ1) is 12.6. The average Bonchev–Trinajstić information content (AvgIpc) is 2.80. The zero-order valence-corrected chi connectivity index (χ0v) is 10.8. The molecule has 2 heterocycles. The molecule has 2 unspecified atom stereocenters.